The number of likely N-dealkylation sites (N-methyl/N-ethyl adjacent to an activating group) is 1. The minimum atomic E-state index is -1.15. The zero-order chi connectivity index (χ0) is 15.8. The van der Waals surface area contributed by atoms with Gasteiger partial charge in [-0.2, -0.15) is 4.39 Å². The summed E-state index contributed by atoms with van der Waals surface area (Å²) in [5.74, 6) is -1.92. The van der Waals surface area contributed by atoms with Gasteiger partial charge in [-0.3, -0.25) is 10.1 Å². The molecule has 1 aromatic carbocycles. The quantitative estimate of drug-likeness (QED) is 0.433. The van der Waals surface area contributed by atoms with Crippen LogP contribution >= 0.6 is 0 Å². The predicted molar refractivity (Wildman–Crippen MR) is 77.1 cm³/mol. The van der Waals surface area contributed by atoms with Crippen LogP contribution < -0.4 is 5.32 Å². The van der Waals surface area contributed by atoms with Gasteiger partial charge >= 0.3 is 5.69 Å². The summed E-state index contributed by atoms with van der Waals surface area (Å²) in [7, 11) is 0. The molecule has 0 saturated carbocycles. The molecular weight excluding hydrogens is 280 g/mol. The second-order valence-corrected chi connectivity index (χ2v) is 4.76. The van der Waals surface area contributed by atoms with E-state index in [0.717, 1.165) is 32.1 Å². The van der Waals surface area contributed by atoms with Crippen LogP contribution in [-0.4, -0.2) is 36.0 Å². The lowest BCUT2D eigenvalue weighted by Gasteiger charge is -2.19. The molecule has 0 aliphatic rings. The first-order valence-electron chi connectivity index (χ1n) is 7.04. The number of rotatable bonds is 9. The molecular formula is C14H21F2N3O2. The molecule has 1 rings (SSSR count). The third kappa shape index (κ3) is 5.35. The van der Waals surface area contributed by atoms with E-state index in [-0.39, 0.29) is 12.1 Å². The van der Waals surface area contributed by atoms with Crippen molar-refractivity contribution in [2.45, 2.75) is 26.8 Å². The van der Waals surface area contributed by atoms with E-state index in [1.54, 1.807) is 0 Å². The summed E-state index contributed by atoms with van der Waals surface area (Å²) in [6.45, 7) is 7.69. The Morgan fingerprint density at radius 1 is 1.24 bits per heavy atom. The van der Waals surface area contributed by atoms with Gasteiger partial charge in [-0.05, 0) is 19.5 Å². The fraction of sp³-hybridized carbons (Fsp3) is 0.571. The predicted octanol–water partition coefficient (Wildman–Crippen LogP) is 2.69. The molecule has 0 bridgehead atoms. The summed E-state index contributed by atoms with van der Waals surface area (Å²) >= 11 is 0. The van der Waals surface area contributed by atoms with Gasteiger partial charge in [0.2, 0.25) is 5.82 Å². The van der Waals surface area contributed by atoms with Gasteiger partial charge in [0.1, 0.15) is 5.82 Å². The minimum absolute atomic E-state index is 0.0987. The minimum Gasteiger partial charge on any atom is -0.311 e. The lowest BCUT2D eigenvalue weighted by Crippen LogP contribution is -2.32. The van der Waals surface area contributed by atoms with Crippen LogP contribution in [-0.2, 0) is 6.54 Å². The van der Waals surface area contributed by atoms with Crippen molar-refractivity contribution in [1.82, 2.24) is 10.2 Å². The van der Waals surface area contributed by atoms with E-state index in [9.17, 15) is 18.9 Å². The molecule has 1 aromatic rings. The number of nitrogens with one attached hydrogen (secondary N) is 1. The molecule has 0 amide bonds. The molecule has 0 spiro atoms. The van der Waals surface area contributed by atoms with E-state index in [4.69, 9.17) is 0 Å². The molecule has 118 valence electrons. The van der Waals surface area contributed by atoms with Gasteiger partial charge in [0.05, 0.1) is 4.92 Å². The van der Waals surface area contributed by atoms with Crippen LogP contribution in [0.3, 0.4) is 0 Å². The number of nitro benzene ring substituents is 1. The topological polar surface area (TPSA) is 58.4 Å². The second-order valence-electron chi connectivity index (χ2n) is 4.76. The van der Waals surface area contributed by atoms with E-state index < -0.39 is 22.2 Å². The van der Waals surface area contributed by atoms with Crippen LogP contribution in [0, 0.1) is 21.7 Å². The number of nitrogens with zero attached hydrogens (tertiary/aromatic N) is 2. The number of benzene rings is 1. The molecule has 0 radical (unpaired) electrons. The number of nitro groups is 1. The SMILES string of the molecule is CCCN(CC)CCNCc1cc([N+](=O)[O-])c(F)cc1F. The number of hydrogen-bond acceptors (Lipinski definition) is 4. The highest BCUT2D eigenvalue weighted by Crippen LogP contribution is 2.21. The van der Waals surface area contributed by atoms with Gasteiger partial charge in [0, 0.05) is 37.3 Å². The maximum atomic E-state index is 13.6. The Hall–Kier alpha value is -1.60. The lowest BCUT2D eigenvalue weighted by molar-refractivity contribution is -0.387. The van der Waals surface area contributed by atoms with Gasteiger partial charge in [0.25, 0.3) is 0 Å². The molecule has 0 saturated heterocycles. The molecule has 0 aliphatic carbocycles. The van der Waals surface area contributed by atoms with Crippen molar-refractivity contribution in [2.24, 2.45) is 0 Å². The van der Waals surface area contributed by atoms with E-state index in [1.165, 1.54) is 0 Å². The van der Waals surface area contributed by atoms with Crippen LogP contribution in [0.2, 0.25) is 0 Å². The number of hydrogen-bond donors (Lipinski definition) is 1. The largest absolute Gasteiger partial charge is 0.311 e. The smallest absolute Gasteiger partial charge is 0.305 e. The highest BCUT2D eigenvalue weighted by atomic mass is 19.1. The van der Waals surface area contributed by atoms with E-state index in [2.05, 4.69) is 24.1 Å². The third-order valence-corrected chi connectivity index (χ3v) is 3.22. The Bertz CT molecular complexity index is 484. The maximum absolute atomic E-state index is 13.6. The number of halogens is 2. The molecule has 0 atom stereocenters. The molecule has 0 heterocycles. The van der Waals surface area contributed by atoms with Crippen molar-refractivity contribution in [2.75, 3.05) is 26.2 Å². The summed E-state index contributed by atoms with van der Waals surface area (Å²) in [5, 5.41) is 13.7. The fourth-order valence-electron chi connectivity index (χ4n) is 2.06. The summed E-state index contributed by atoms with van der Waals surface area (Å²) in [5.41, 5.74) is -0.601. The first-order chi connectivity index (χ1) is 9.99. The molecule has 21 heavy (non-hydrogen) atoms. The Kier molecular flexibility index (Phi) is 7.18. The normalized spacial score (nSPS) is 11.1. The molecule has 0 unspecified atom stereocenters. The van der Waals surface area contributed by atoms with Crippen molar-refractivity contribution in [3.05, 3.63) is 39.4 Å². The van der Waals surface area contributed by atoms with Crippen LogP contribution in [0.25, 0.3) is 0 Å². The maximum Gasteiger partial charge on any atom is 0.305 e. The summed E-state index contributed by atoms with van der Waals surface area (Å²) in [6, 6.07) is 1.51. The van der Waals surface area contributed by atoms with E-state index >= 15 is 0 Å². The summed E-state index contributed by atoms with van der Waals surface area (Å²) < 4.78 is 26.8. The first-order valence-corrected chi connectivity index (χ1v) is 7.04. The van der Waals surface area contributed by atoms with Gasteiger partial charge < -0.3 is 10.2 Å². The summed E-state index contributed by atoms with van der Waals surface area (Å²) in [4.78, 5) is 12.0. The Balaban J connectivity index is 2.55. The highest BCUT2D eigenvalue weighted by molar-refractivity contribution is 5.37. The molecule has 7 heteroatoms. The van der Waals surface area contributed by atoms with Gasteiger partial charge in [0.15, 0.2) is 0 Å². The fourth-order valence-corrected chi connectivity index (χ4v) is 2.06. The zero-order valence-corrected chi connectivity index (χ0v) is 12.4. The van der Waals surface area contributed by atoms with Crippen molar-refractivity contribution in [1.29, 1.82) is 0 Å². The average molecular weight is 301 g/mol. The Morgan fingerprint density at radius 2 is 1.95 bits per heavy atom. The standard InChI is InChI=1S/C14H21F2N3O2/c1-3-6-18(4-2)7-5-17-10-11-8-14(19(20)21)13(16)9-12(11)15/h8-9,17H,3-7,10H2,1-2H3. The molecule has 0 aromatic heterocycles. The highest BCUT2D eigenvalue weighted by Gasteiger charge is 2.18. The van der Waals surface area contributed by atoms with Crippen molar-refractivity contribution in [3.63, 3.8) is 0 Å². The van der Waals surface area contributed by atoms with Crippen LogP contribution in [0.15, 0.2) is 12.1 Å². The average Bonchev–Trinajstić information content (AvgIpc) is 2.43. The zero-order valence-electron chi connectivity index (χ0n) is 12.4. The van der Waals surface area contributed by atoms with Gasteiger partial charge in [-0.1, -0.05) is 13.8 Å². The second kappa shape index (κ2) is 8.63. The Labute approximate surface area is 123 Å². The van der Waals surface area contributed by atoms with Crippen molar-refractivity contribution >= 4 is 5.69 Å². The van der Waals surface area contributed by atoms with E-state index in [1.807, 2.05) is 0 Å². The van der Waals surface area contributed by atoms with Crippen LogP contribution in [0.4, 0.5) is 14.5 Å². The monoisotopic (exact) mass is 301 g/mol. The van der Waals surface area contributed by atoms with E-state index in [0.29, 0.717) is 12.6 Å². The van der Waals surface area contributed by atoms with Crippen LogP contribution in [0.1, 0.15) is 25.8 Å². The van der Waals surface area contributed by atoms with Crippen LogP contribution in [0.5, 0.6) is 0 Å². The Morgan fingerprint density at radius 3 is 2.52 bits per heavy atom. The van der Waals surface area contributed by atoms with Crippen molar-refractivity contribution < 1.29 is 13.7 Å². The first kappa shape index (κ1) is 17.5. The molecule has 0 aliphatic heterocycles. The lowest BCUT2D eigenvalue weighted by atomic mass is 10.2. The third-order valence-electron chi connectivity index (χ3n) is 3.22. The van der Waals surface area contributed by atoms with Gasteiger partial charge in [-0.25, -0.2) is 4.39 Å². The molecule has 5 nitrogen and oxygen atoms in total. The molecule has 0 fully saturated rings. The summed E-state index contributed by atoms with van der Waals surface area (Å²) in [6.07, 6.45) is 1.06. The van der Waals surface area contributed by atoms with Gasteiger partial charge in [-0.15, -0.1) is 0 Å². The van der Waals surface area contributed by atoms with Crippen molar-refractivity contribution in [3.8, 4) is 0 Å². The molecule has 1 N–H and O–H groups in total.